The maximum Gasteiger partial charge on any atom is 0.254 e. The number of carbonyl (C=O) groups is 1. The van der Waals surface area contributed by atoms with Gasteiger partial charge in [-0.3, -0.25) is 9.69 Å². The minimum absolute atomic E-state index is 0.0381. The molecular formula is C26H33N3O3. The van der Waals surface area contributed by atoms with Crippen LogP contribution in [-0.2, 0) is 24.1 Å². The van der Waals surface area contributed by atoms with Crippen LogP contribution in [0.1, 0.15) is 34.0 Å². The Balaban J connectivity index is 1.19. The lowest BCUT2D eigenvalue weighted by Crippen LogP contribution is -2.46. The zero-order valence-electron chi connectivity index (χ0n) is 18.9. The van der Waals surface area contributed by atoms with Crippen molar-refractivity contribution in [2.45, 2.75) is 38.5 Å². The zero-order valence-corrected chi connectivity index (χ0v) is 18.9. The Morgan fingerprint density at radius 1 is 1.03 bits per heavy atom. The summed E-state index contributed by atoms with van der Waals surface area (Å²) in [5.74, 6) is 0.0381. The highest BCUT2D eigenvalue weighted by Crippen LogP contribution is 2.26. The number of hydrogen-bond acceptors (Lipinski definition) is 5. The van der Waals surface area contributed by atoms with E-state index in [4.69, 9.17) is 4.74 Å². The topological polar surface area (TPSA) is 56.2 Å². The first-order valence-electron chi connectivity index (χ1n) is 11.8. The molecule has 0 saturated carbocycles. The van der Waals surface area contributed by atoms with Gasteiger partial charge in [-0.2, -0.15) is 0 Å². The van der Waals surface area contributed by atoms with Gasteiger partial charge in [-0.25, -0.2) is 0 Å². The Morgan fingerprint density at radius 2 is 1.84 bits per heavy atom. The number of anilines is 1. The number of carbonyl (C=O) groups excluding carboxylic acids is 1. The standard InChI is InChI=1S/C26H33N3O3/c1-19-15-28(12-13-32-19)23-6-7-25-21(14-23)9-11-29(26(25)31)18-24(30)17-27-10-8-20-4-2-3-5-22(20)16-27/h2-7,14,19,24,30H,8-13,15-18H2,1H3/t19-,24?/m0/s1. The van der Waals surface area contributed by atoms with Crippen molar-refractivity contribution in [3.05, 3.63) is 64.7 Å². The highest BCUT2D eigenvalue weighted by Gasteiger charge is 2.28. The molecule has 1 unspecified atom stereocenters. The summed E-state index contributed by atoms with van der Waals surface area (Å²) < 4.78 is 5.65. The zero-order chi connectivity index (χ0) is 22.1. The van der Waals surface area contributed by atoms with Gasteiger partial charge in [-0.05, 0) is 54.7 Å². The lowest BCUT2D eigenvalue weighted by atomic mass is 9.97. The van der Waals surface area contributed by atoms with Crippen molar-refractivity contribution >= 4 is 11.6 Å². The normalized spacial score (nSPS) is 22.4. The third-order valence-corrected chi connectivity index (χ3v) is 6.97. The van der Waals surface area contributed by atoms with Crippen molar-refractivity contribution in [1.82, 2.24) is 9.80 Å². The molecule has 1 N–H and O–H groups in total. The summed E-state index contributed by atoms with van der Waals surface area (Å²) in [4.78, 5) is 19.6. The maximum atomic E-state index is 13.1. The molecule has 2 atom stereocenters. The minimum atomic E-state index is -0.542. The number of rotatable bonds is 5. The van der Waals surface area contributed by atoms with Crippen LogP contribution in [0.25, 0.3) is 0 Å². The van der Waals surface area contributed by atoms with E-state index >= 15 is 0 Å². The first-order chi connectivity index (χ1) is 15.6. The van der Waals surface area contributed by atoms with Gasteiger partial charge >= 0.3 is 0 Å². The predicted molar refractivity (Wildman–Crippen MR) is 125 cm³/mol. The average molecular weight is 436 g/mol. The van der Waals surface area contributed by atoms with Crippen LogP contribution >= 0.6 is 0 Å². The number of fused-ring (bicyclic) bond motifs is 2. The fourth-order valence-corrected chi connectivity index (χ4v) is 5.27. The van der Waals surface area contributed by atoms with Crippen LogP contribution in [0.3, 0.4) is 0 Å². The van der Waals surface area contributed by atoms with E-state index in [1.807, 2.05) is 11.0 Å². The number of β-amino-alcohol motifs (C(OH)–C–C–N with tert-alkyl or cyclic N) is 1. The fourth-order valence-electron chi connectivity index (χ4n) is 5.27. The quantitative estimate of drug-likeness (QED) is 0.781. The van der Waals surface area contributed by atoms with Gasteiger partial charge in [0.2, 0.25) is 0 Å². The molecule has 0 spiro atoms. The van der Waals surface area contributed by atoms with E-state index in [0.717, 1.165) is 56.8 Å². The van der Waals surface area contributed by atoms with Gasteiger partial charge in [0.25, 0.3) is 5.91 Å². The Hall–Kier alpha value is -2.41. The van der Waals surface area contributed by atoms with Gasteiger partial charge in [0, 0.05) is 57.1 Å². The number of aliphatic hydroxyl groups excluding tert-OH is 1. The van der Waals surface area contributed by atoms with Crippen LogP contribution in [0.4, 0.5) is 5.69 Å². The van der Waals surface area contributed by atoms with Gasteiger partial charge in [-0.1, -0.05) is 24.3 Å². The Morgan fingerprint density at radius 3 is 2.69 bits per heavy atom. The molecule has 32 heavy (non-hydrogen) atoms. The van der Waals surface area contributed by atoms with Crippen LogP contribution in [0.15, 0.2) is 42.5 Å². The van der Waals surface area contributed by atoms with Crippen molar-refractivity contribution in [3.63, 3.8) is 0 Å². The molecule has 1 fully saturated rings. The smallest absolute Gasteiger partial charge is 0.254 e. The largest absolute Gasteiger partial charge is 0.390 e. The second kappa shape index (κ2) is 9.22. The molecule has 5 rings (SSSR count). The maximum absolute atomic E-state index is 13.1. The summed E-state index contributed by atoms with van der Waals surface area (Å²) in [6.07, 6.45) is 1.54. The first kappa shape index (κ1) is 21.4. The summed E-state index contributed by atoms with van der Waals surface area (Å²) in [6.45, 7) is 8.07. The molecule has 3 aliphatic heterocycles. The number of hydrogen-bond donors (Lipinski definition) is 1. The van der Waals surface area contributed by atoms with Crippen LogP contribution in [0, 0.1) is 0 Å². The molecule has 2 aromatic carbocycles. The number of aliphatic hydroxyl groups is 1. The van der Waals surface area contributed by atoms with Gasteiger partial charge in [0.15, 0.2) is 0 Å². The van der Waals surface area contributed by atoms with Gasteiger partial charge in [0.05, 0.1) is 18.8 Å². The first-order valence-corrected chi connectivity index (χ1v) is 11.8. The molecule has 6 heteroatoms. The molecule has 0 aromatic heterocycles. The second-order valence-corrected chi connectivity index (χ2v) is 9.38. The average Bonchev–Trinajstić information content (AvgIpc) is 2.80. The number of ether oxygens (including phenoxy) is 1. The molecule has 3 aliphatic rings. The van der Waals surface area contributed by atoms with E-state index in [1.165, 1.54) is 16.8 Å². The molecule has 2 aromatic rings. The van der Waals surface area contributed by atoms with Gasteiger partial charge in [-0.15, -0.1) is 0 Å². The van der Waals surface area contributed by atoms with Crippen molar-refractivity contribution in [2.24, 2.45) is 0 Å². The summed E-state index contributed by atoms with van der Waals surface area (Å²) in [5.41, 5.74) is 5.82. The SMILES string of the molecule is C[C@H]1CN(c2ccc3c(c2)CCN(CC(O)CN2CCc4ccccc4C2)C3=O)CCO1. The third-order valence-electron chi connectivity index (χ3n) is 6.97. The van der Waals surface area contributed by atoms with E-state index < -0.39 is 6.10 Å². The highest BCUT2D eigenvalue weighted by atomic mass is 16.5. The molecule has 3 heterocycles. The molecule has 170 valence electrons. The van der Waals surface area contributed by atoms with E-state index in [2.05, 4.69) is 53.1 Å². The summed E-state index contributed by atoms with van der Waals surface area (Å²) in [6, 6.07) is 14.7. The second-order valence-electron chi connectivity index (χ2n) is 9.38. The molecule has 1 amide bonds. The summed E-state index contributed by atoms with van der Waals surface area (Å²) >= 11 is 0. The number of morpholine rings is 1. The van der Waals surface area contributed by atoms with Gasteiger partial charge < -0.3 is 19.6 Å². The van der Waals surface area contributed by atoms with Crippen molar-refractivity contribution in [3.8, 4) is 0 Å². The molecule has 6 nitrogen and oxygen atoms in total. The minimum Gasteiger partial charge on any atom is -0.390 e. The van der Waals surface area contributed by atoms with E-state index in [-0.39, 0.29) is 12.0 Å². The summed E-state index contributed by atoms with van der Waals surface area (Å²) in [7, 11) is 0. The molecule has 0 radical (unpaired) electrons. The fraction of sp³-hybridized carbons (Fsp3) is 0.500. The Labute approximate surface area is 190 Å². The van der Waals surface area contributed by atoms with E-state index in [0.29, 0.717) is 19.6 Å². The number of amides is 1. The van der Waals surface area contributed by atoms with Crippen LogP contribution < -0.4 is 4.90 Å². The van der Waals surface area contributed by atoms with E-state index in [9.17, 15) is 9.90 Å². The van der Waals surface area contributed by atoms with Crippen LogP contribution in [-0.4, -0.2) is 78.9 Å². The molecule has 1 saturated heterocycles. The molecule has 0 aliphatic carbocycles. The van der Waals surface area contributed by atoms with Crippen molar-refractivity contribution in [1.29, 1.82) is 0 Å². The monoisotopic (exact) mass is 435 g/mol. The van der Waals surface area contributed by atoms with Gasteiger partial charge in [0.1, 0.15) is 0 Å². The molecular weight excluding hydrogens is 402 g/mol. The Kier molecular flexibility index (Phi) is 6.17. The number of nitrogens with zero attached hydrogens (tertiary/aromatic N) is 3. The highest BCUT2D eigenvalue weighted by molar-refractivity contribution is 5.97. The third kappa shape index (κ3) is 4.53. The predicted octanol–water partition coefficient (Wildman–Crippen LogP) is 2.33. The van der Waals surface area contributed by atoms with E-state index in [1.54, 1.807) is 0 Å². The van der Waals surface area contributed by atoms with Crippen LogP contribution in [0.2, 0.25) is 0 Å². The molecule has 0 bridgehead atoms. The van der Waals surface area contributed by atoms with Crippen LogP contribution in [0.5, 0.6) is 0 Å². The lowest BCUT2D eigenvalue weighted by molar-refractivity contribution is 0.0492. The Bertz CT molecular complexity index is 979. The van der Waals surface area contributed by atoms with Crippen molar-refractivity contribution in [2.75, 3.05) is 50.8 Å². The number of benzene rings is 2. The van der Waals surface area contributed by atoms with Crippen molar-refractivity contribution < 1.29 is 14.6 Å². The summed E-state index contributed by atoms with van der Waals surface area (Å²) in [5, 5.41) is 10.8. The lowest BCUT2D eigenvalue weighted by Gasteiger charge is -2.35.